The summed E-state index contributed by atoms with van der Waals surface area (Å²) >= 11 is 0. The normalized spacial score (nSPS) is 11.2. The zero-order chi connectivity index (χ0) is 16.4. The van der Waals surface area contributed by atoms with Crippen LogP contribution in [0.15, 0.2) is 55.0 Å². The van der Waals surface area contributed by atoms with Crippen molar-refractivity contribution in [2.45, 2.75) is 6.61 Å². The molecule has 3 heterocycles. The number of nitrogens with zero attached hydrogens (tertiary/aromatic N) is 4. The average molecular weight is 321 g/mol. The Bertz CT molecular complexity index is 976. The predicted octanol–water partition coefficient (Wildman–Crippen LogP) is 2.28. The number of nitrogens with one attached hydrogen (secondary N) is 1. The van der Waals surface area contributed by atoms with E-state index in [1.54, 1.807) is 23.3 Å². The average Bonchev–Trinajstić information content (AvgIpc) is 3.28. The first kappa shape index (κ1) is 14.6. The number of aliphatic hydroxyl groups is 1. The van der Waals surface area contributed by atoms with Crippen LogP contribution in [0.2, 0.25) is 0 Å². The molecule has 4 rings (SSSR count). The van der Waals surface area contributed by atoms with Gasteiger partial charge in [0.25, 0.3) is 0 Å². The van der Waals surface area contributed by atoms with E-state index in [9.17, 15) is 0 Å². The van der Waals surface area contributed by atoms with Gasteiger partial charge in [-0.25, -0.2) is 9.67 Å². The van der Waals surface area contributed by atoms with Gasteiger partial charge in [0, 0.05) is 17.1 Å². The third-order valence-electron chi connectivity index (χ3n) is 3.77. The summed E-state index contributed by atoms with van der Waals surface area (Å²) in [4.78, 5) is 4.39. The Kier molecular flexibility index (Phi) is 3.78. The van der Waals surface area contributed by atoms with Crippen LogP contribution in [0.25, 0.3) is 28.0 Å². The topological polar surface area (TPSA) is 88.8 Å². The molecule has 120 valence electrons. The molecule has 0 bridgehead atoms. The van der Waals surface area contributed by atoms with Gasteiger partial charge in [0.1, 0.15) is 6.79 Å². The number of pyridine rings is 1. The summed E-state index contributed by atoms with van der Waals surface area (Å²) < 4.78 is 6.81. The van der Waals surface area contributed by atoms with Gasteiger partial charge in [-0.2, -0.15) is 10.2 Å². The molecule has 4 aromatic rings. The molecule has 0 atom stereocenters. The lowest BCUT2D eigenvalue weighted by molar-refractivity contribution is -0.0112. The van der Waals surface area contributed by atoms with Crippen LogP contribution < -0.4 is 0 Å². The van der Waals surface area contributed by atoms with Crippen LogP contribution in [0.1, 0.15) is 5.56 Å². The first-order valence-corrected chi connectivity index (χ1v) is 7.46. The Balaban J connectivity index is 1.74. The fraction of sp³-hybridized carbons (Fsp3) is 0.118. The quantitative estimate of drug-likeness (QED) is 0.551. The molecule has 0 aliphatic carbocycles. The van der Waals surface area contributed by atoms with Gasteiger partial charge in [0.2, 0.25) is 0 Å². The number of hydrogen-bond acceptors (Lipinski definition) is 5. The molecule has 0 aliphatic heterocycles. The first-order chi connectivity index (χ1) is 11.8. The Labute approximate surface area is 137 Å². The van der Waals surface area contributed by atoms with Gasteiger partial charge in [0.05, 0.1) is 30.2 Å². The lowest BCUT2D eigenvalue weighted by atomic mass is 10.1. The van der Waals surface area contributed by atoms with Crippen LogP contribution in [-0.2, 0) is 11.3 Å². The minimum atomic E-state index is -0.311. The third kappa shape index (κ3) is 2.66. The van der Waals surface area contributed by atoms with E-state index in [1.807, 2.05) is 36.4 Å². The number of hydrogen-bond donors (Lipinski definition) is 2. The first-order valence-electron chi connectivity index (χ1n) is 7.46. The van der Waals surface area contributed by atoms with Crippen molar-refractivity contribution < 1.29 is 9.84 Å². The summed E-state index contributed by atoms with van der Waals surface area (Å²) in [5, 5.41) is 21.3. The standard InChI is InChI=1S/C17H15N5O2/c23-11-24-10-12-3-5-18-17(7-12)22-16(4-6-20-22)13-1-2-14-9-19-21-15(14)8-13/h1-9,23H,10-11H2,(H,19,21). The second-order valence-electron chi connectivity index (χ2n) is 5.30. The molecule has 0 amide bonds. The third-order valence-corrected chi connectivity index (χ3v) is 3.77. The van der Waals surface area contributed by atoms with E-state index < -0.39 is 0 Å². The van der Waals surface area contributed by atoms with Gasteiger partial charge in [-0.3, -0.25) is 5.10 Å². The zero-order valence-corrected chi connectivity index (χ0v) is 12.8. The molecule has 1 aromatic carbocycles. The van der Waals surface area contributed by atoms with Crippen molar-refractivity contribution in [2.75, 3.05) is 6.79 Å². The van der Waals surface area contributed by atoms with Crippen molar-refractivity contribution in [3.8, 4) is 17.1 Å². The molecular formula is C17H15N5O2. The maximum Gasteiger partial charge on any atom is 0.154 e. The summed E-state index contributed by atoms with van der Waals surface area (Å²) in [6.45, 7) is 0.0115. The fourth-order valence-corrected chi connectivity index (χ4v) is 2.63. The summed E-state index contributed by atoms with van der Waals surface area (Å²) in [5.74, 6) is 0.693. The van der Waals surface area contributed by atoms with Crippen molar-refractivity contribution in [1.82, 2.24) is 25.0 Å². The molecule has 0 saturated heterocycles. The van der Waals surface area contributed by atoms with E-state index in [1.165, 1.54) is 0 Å². The summed E-state index contributed by atoms with van der Waals surface area (Å²) in [6, 6.07) is 11.8. The van der Waals surface area contributed by atoms with Gasteiger partial charge < -0.3 is 9.84 Å². The van der Waals surface area contributed by atoms with Gasteiger partial charge in [-0.05, 0) is 29.8 Å². The van der Waals surface area contributed by atoms with Gasteiger partial charge in [-0.1, -0.05) is 12.1 Å². The highest BCUT2D eigenvalue weighted by atomic mass is 16.6. The van der Waals surface area contributed by atoms with Gasteiger partial charge in [0.15, 0.2) is 5.82 Å². The molecule has 7 heteroatoms. The number of aromatic nitrogens is 5. The molecular weight excluding hydrogens is 306 g/mol. The minimum absolute atomic E-state index is 0.311. The van der Waals surface area contributed by atoms with Crippen molar-refractivity contribution >= 4 is 10.9 Å². The van der Waals surface area contributed by atoms with Crippen LogP contribution in [0, 0.1) is 0 Å². The van der Waals surface area contributed by atoms with E-state index in [0.717, 1.165) is 27.7 Å². The molecule has 0 spiro atoms. The van der Waals surface area contributed by atoms with Crippen LogP contribution in [0.4, 0.5) is 0 Å². The maximum absolute atomic E-state index is 8.78. The Morgan fingerprint density at radius 2 is 2.08 bits per heavy atom. The summed E-state index contributed by atoms with van der Waals surface area (Å²) in [5.41, 5.74) is 3.83. The number of ether oxygens (including phenoxy) is 1. The second-order valence-corrected chi connectivity index (χ2v) is 5.30. The van der Waals surface area contributed by atoms with Gasteiger partial charge in [-0.15, -0.1) is 0 Å². The van der Waals surface area contributed by atoms with E-state index in [-0.39, 0.29) is 6.79 Å². The van der Waals surface area contributed by atoms with Crippen molar-refractivity contribution in [3.63, 3.8) is 0 Å². The van der Waals surface area contributed by atoms with E-state index in [2.05, 4.69) is 20.3 Å². The maximum atomic E-state index is 8.78. The van der Waals surface area contributed by atoms with Crippen molar-refractivity contribution in [2.24, 2.45) is 0 Å². The molecule has 0 saturated carbocycles. The smallest absolute Gasteiger partial charge is 0.154 e. The van der Waals surface area contributed by atoms with Crippen LogP contribution in [-0.4, -0.2) is 36.9 Å². The molecule has 2 N–H and O–H groups in total. The minimum Gasteiger partial charge on any atom is -0.371 e. The number of fused-ring (bicyclic) bond motifs is 1. The summed E-state index contributed by atoms with van der Waals surface area (Å²) in [7, 11) is 0. The second kappa shape index (κ2) is 6.23. The van der Waals surface area contributed by atoms with E-state index in [0.29, 0.717) is 12.4 Å². The van der Waals surface area contributed by atoms with Gasteiger partial charge >= 0.3 is 0 Å². The molecule has 0 unspecified atom stereocenters. The fourth-order valence-electron chi connectivity index (χ4n) is 2.63. The van der Waals surface area contributed by atoms with Crippen molar-refractivity contribution in [1.29, 1.82) is 0 Å². The lowest BCUT2D eigenvalue weighted by Gasteiger charge is -2.09. The largest absolute Gasteiger partial charge is 0.371 e. The Morgan fingerprint density at radius 3 is 3.00 bits per heavy atom. The summed E-state index contributed by atoms with van der Waals surface area (Å²) in [6.07, 6.45) is 5.24. The predicted molar refractivity (Wildman–Crippen MR) is 88.3 cm³/mol. The van der Waals surface area contributed by atoms with Crippen LogP contribution in [0.3, 0.4) is 0 Å². The SMILES string of the molecule is OCOCc1ccnc(-n2nccc2-c2ccc3cn[nH]c3c2)c1. The van der Waals surface area contributed by atoms with Crippen LogP contribution >= 0.6 is 0 Å². The number of benzene rings is 1. The Hall–Kier alpha value is -3.03. The highest BCUT2D eigenvalue weighted by molar-refractivity contribution is 5.83. The van der Waals surface area contributed by atoms with Crippen molar-refractivity contribution in [3.05, 3.63) is 60.6 Å². The highest BCUT2D eigenvalue weighted by Crippen LogP contribution is 2.25. The zero-order valence-electron chi connectivity index (χ0n) is 12.8. The number of H-pyrrole nitrogens is 1. The molecule has 0 aliphatic rings. The molecule has 24 heavy (non-hydrogen) atoms. The molecule has 3 aromatic heterocycles. The highest BCUT2D eigenvalue weighted by Gasteiger charge is 2.10. The molecule has 7 nitrogen and oxygen atoms in total. The number of aliphatic hydroxyl groups excluding tert-OH is 1. The molecule has 0 radical (unpaired) electrons. The van der Waals surface area contributed by atoms with Crippen LogP contribution in [0.5, 0.6) is 0 Å². The monoisotopic (exact) mass is 321 g/mol. The number of rotatable bonds is 5. The van der Waals surface area contributed by atoms with E-state index in [4.69, 9.17) is 9.84 Å². The Morgan fingerprint density at radius 1 is 1.12 bits per heavy atom. The molecule has 0 fully saturated rings. The lowest BCUT2D eigenvalue weighted by Crippen LogP contribution is -2.03. The van der Waals surface area contributed by atoms with E-state index >= 15 is 0 Å². The number of aromatic amines is 1.